The Balaban J connectivity index is 3.34. The fraction of sp³-hybridized carbons (Fsp3) is 0.600. The zero-order valence-corrected chi connectivity index (χ0v) is 6.47. The average Bonchev–Trinajstić information content (AvgIpc) is 1.30. The highest BCUT2D eigenvalue weighted by molar-refractivity contribution is 7.98. The quantitative estimate of drug-likeness (QED) is 0.406. The average molecular weight is 138 g/mol. The predicted molar refractivity (Wildman–Crippen MR) is 39.7 cm³/mol. The molecule has 0 aliphatic heterocycles. The molecule has 0 saturated heterocycles. The molecule has 0 aliphatic carbocycles. The second-order valence-corrected chi connectivity index (χ2v) is 8.19. The minimum Gasteiger partial charge on any atom is -0.0995 e. The van der Waals surface area contributed by atoms with E-state index in [9.17, 15) is 0 Å². The molecule has 0 aliphatic rings. The Morgan fingerprint density at radius 2 is 2.14 bits per heavy atom. The normalized spacial score (nSPS) is 11.3. The summed E-state index contributed by atoms with van der Waals surface area (Å²) in [6, 6.07) is 0. The van der Waals surface area contributed by atoms with Gasteiger partial charge in [-0.05, 0) is 0 Å². The van der Waals surface area contributed by atoms with Crippen LogP contribution >= 0.6 is 17.9 Å². The van der Waals surface area contributed by atoms with Crippen LogP contribution in [-0.4, -0.2) is 19.5 Å². The van der Waals surface area contributed by atoms with E-state index in [1.54, 1.807) is 0 Å². The van der Waals surface area contributed by atoms with Gasteiger partial charge in [0, 0.05) is 0 Å². The third-order valence-corrected chi connectivity index (χ3v) is 2.10. The first kappa shape index (κ1) is 7.46. The van der Waals surface area contributed by atoms with E-state index in [1.807, 2.05) is 6.08 Å². The summed E-state index contributed by atoms with van der Waals surface area (Å²) in [5.74, 6) is 0. The van der Waals surface area contributed by atoms with Crippen molar-refractivity contribution in [1.29, 1.82) is 0 Å². The Labute approximate surface area is 50.7 Å². The minimum atomic E-state index is -1.06. The fourth-order valence-corrected chi connectivity index (χ4v) is 1.21. The molecule has 0 heterocycles. The van der Waals surface area contributed by atoms with Gasteiger partial charge in [0.1, 0.15) is 6.62 Å². The van der Waals surface area contributed by atoms with E-state index in [2.05, 4.69) is 19.9 Å². The van der Waals surface area contributed by atoms with Gasteiger partial charge in [-0.1, -0.05) is 12.7 Å². The van der Waals surface area contributed by atoms with Crippen LogP contribution in [0.3, 0.4) is 0 Å². The molecule has 0 rings (SSSR count). The van der Waals surface area contributed by atoms with E-state index in [-0.39, 0.29) is 0 Å². The van der Waals surface area contributed by atoms with Gasteiger partial charge in [0.15, 0.2) is 0 Å². The van der Waals surface area contributed by atoms with Gasteiger partial charge >= 0.3 is 0 Å². The summed E-state index contributed by atoms with van der Waals surface area (Å²) < 4.78 is 0. The van der Waals surface area contributed by atoms with Gasteiger partial charge in [-0.15, -0.1) is 0 Å². The molecule has 0 saturated carbocycles. The van der Waals surface area contributed by atoms with Crippen LogP contribution in [-0.2, 0) is 0 Å². The molecule has 0 N–H and O–H groups in total. The van der Waals surface area contributed by atoms with Gasteiger partial charge in [-0.25, -0.2) is 0 Å². The van der Waals surface area contributed by atoms with Crippen molar-refractivity contribution >= 4 is 17.9 Å². The largest absolute Gasteiger partial charge is 0.111 e. The van der Waals surface area contributed by atoms with Crippen LogP contribution in [0.5, 0.6) is 0 Å². The number of hydrogen-bond acceptors (Lipinski definition) is 0. The van der Waals surface area contributed by atoms with E-state index < -0.39 is 6.62 Å². The van der Waals surface area contributed by atoms with Crippen LogP contribution in [0.2, 0.25) is 0 Å². The van der Waals surface area contributed by atoms with Crippen molar-refractivity contribution < 1.29 is 0 Å². The maximum Gasteiger partial charge on any atom is 0.111 e. The Morgan fingerprint density at radius 3 is 2.14 bits per heavy atom. The van der Waals surface area contributed by atoms with Crippen molar-refractivity contribution in [3.63, 3.8) is 0 Å². The van der Waals surface area contributed by atoms with Crippen molar-refractivity contribution in [3.05, 3.63) is 12.7 Å². The Kier molecular flexibility index (Phi) is 2.87. The topological polar surface area (TPSA) is 0 Å². The van der Waals surface area contributed by atoms with E-state index in [0.29, 0.717) is 0 Å². The van der Waals surface area contributed by atoms with Gasteiger partial charge < -0.3 is 0 Å². The first-order valence-corrected chi connectivity index (χ1v) is 5.97. The van der Waals surface area contributed by atoms with Crippen molar-refractivity contribution in [1.82, 2.24) is 0 Å². The highest BCUT2D eigenvalue weighted by Crippen LogP contribution is 2.56. The molecule has 0 aromatic heterocycles. The molecule has 7 heavy (non-hydrogen) atoms. The standard InChI is InChI=1S/C5H11ClP/c1-4-5-7(2,3)6/h4H,1,5H2,2-3H3/q+1. The highest BCUT2D eigenvalue weighted by Gasteiger charge is 2.17. The maximum atomic E-state index is 5.87. The molecule has 42 valence electrons. The van der Waals surface area contributed by atoms with Gasteiger partial charge in [0.25, 0.3) is 0 Å². The molecule has 0 radical (unpaired) electrons. The summed E-state index contributed by atoms with van der Waals surface area (Å²) >= 11 is 5.87. The van der Waals surface area contributed by atoms with Crippen molar-refractivity contribution in [3.8, 4) is 0 Å². The lowest BCUT2D eigenvalue weighted by molar-refractivity contribution is 1.74. The SMILES string of the molecule is C=CC[P+](C)(C)Cl. The number of halogens is 1. The summed E-state index contributed by atoms with van der Waals surface area (Å²) in [5, 5.41) is 0. The molecule has 0 atom stereocenters. The van der Waals surface area contributed by atoms with Crippen LogP contribution < -0.4 is 0 Å². The molecule has 0 bridgehead atoms. The van der Waals surface area contributed by atoms with E-state index in [0.717, 1.165) is 6.16 Å². The Hall–Kier alpha value is 0.460. The van der Waals surface area contributed by atoms with Gasteiger partial charge in [-0.2, -0.15) is 0 Å². The van der Waals surface area contributed by atoms with Gasteiger partial charge in [0.2, 0.25) is 0 Å². The fourth-order valence-electron chi connectivity index (χ4n) is 0.307. The predicted octanol–water partition coefficient (Wildman–Crippen LogP) is 2.60. The molecule has 0 fully saturated rings. The molecule has 0 aromatic rings. The van der Waals surface area contributed by atoms with Crippen LogP contribution in [0.15, 0.2) is 12.7 Å². The zero-order chi connectivity index (χ0) is 5.91. The summed E-state index contributed by atoms with van der Waals surface area (Å²) in [5.41, 5.74) is 0. The summed E-state index contributed by atoms with van der Waals surface area (Å²) in [6.07, 6.45) is 2.86. The maximum absolute atomic E-state index is 5.87. The smallest absolute Gasteiger partial charge is 0.0995 e. The van der Waals surface area contributed by atoms with Crippen molar-refractivity contribution in [2.24, 2.45) is 0 Å². The van der Waals surface area contributed by atoms with Gasteiger partial charge in [-0.3, -0.25) is 0 Å². The number of hydrogen-bond donors (Lipinski definition) is 0. The second kappa shape index (κ2) is 2.69. The summed E-state index contributed by atoms with van der Waals surface area (Å²) in [4.78, 5) is 0. The lowest BCUT2D eigenvalue weighted by Crippen LogP contribution is -1.79. The van der Waals surface area contributed by atoms with Crippen molar-refractivity contribution in [2.75, 3.05) is 19.5 Å². The molecular formula is C5H11ClP+. The zero-order valence-electron chi connectivity index (χ0n) is 4.82. The molecule has 2 heteroatoms. The van der Waals surface area contributed by atoms with Gasteiger partial charge in [0.05, 0.1) is 30.7 Å². The third-order valence-electron chi connectivity index (χ3n) is 0.563. The molecular weight excluding hydrogens is 126 g/mol. The highest BCUT2D eigenvalue weighted by atomic mass is 35.7. The summed E-state index contributed by atoms with van der Waals surface area (Å²) in [7, 11) is 0. The van der Waals surface area contributed by atoms with Crippen LogP contribution in [0.1, 0.15) is 0 Å². The number of allylic oxidation sites excluding steroid dienone is 1. The minimum absolute atomic E-state index is 0.981. The first-order chi connectivity index (χ1) is 3.06. The molecule has 0 amide bonds. The second-order valence-electron chi connectivity index (χ2n) is 2.01. The summed E-state index contributed by atoms with van der Waals surface area (Å²) in [6.45, 7) is 6.69. The van der Waals surface area contributed by atoms with E-state index in [4.69, 9.17) is 11.2 Å². The molecule has 0 unspecified atom stereocenters. The van der Waals surface area contributed by atoms with E-state index >= 15 is 0 Å². The number of rotatable bonds is 2. The van der Waals surface area contributed by atoms with Crippen LogP contribution in [0.25, 0.3) is 0 Å². The lowest BCUT2D eigenvalue weighted by atomic mass is 10.8. The molecule has 0 aromatic carbocycles. The molecule has 0 nitrogen and oxygen atoms in total. The Morgan fingerprint density at radius 1 is 1.71 bits per heavy atom. The third kappa shape index (κ3) is 6.46. The first-order valence-electron chi connectivity index (χ1n) is 2.20. The van der Waals surface area contributed by atoms with E-state index in [1.165, 1.54) is 0 Å². The Bertz CT molecular complexity index is 63.0. The monoisotopic (exact) mass is 137 g/mol. The van der Waals surface area contributed by atoms with Crippen LogP contribution in [0, 0.1) is 0 Å². The van der Waals surface area contributed by atoms with Crippen LogP contribution in [0.4, 0.5) is 0 Å². The molecule has 0 spiro atoms. The lowest BCUT2D eigenvalue weighted by Gasteiger charge is -2.00. The van der Waals surface area contributed by atoms with Crippen molar-refractivity contribution in [2.45, 2.75) is 0 Å².